The Kier molecular flexibility index (Phi) is 5.13. The summed E-state index contributed by atoms with van der Waals surface area (Å²) < 4.78 is 1.74. The zero-order valence-corrected chi connectivity index (χ0v) is 9.52. The number of nitrogens with zero attached hydrogens (tertiary/aromatic N) is 2. The van der Waals surface area contributed by atoms with E-state index in [4.69, 9.17) is 6.42 Å². The molecule has 0 fully saturated rings. The van der Waals surface area contributed by atoms with Crippen molar-refractivity contribution >= 4 is 5.91 Å². The number of terminal acetylenes is 1. The van der Waals surface area contributed by atoms with Crippen LogP contribution in [0, 0.1) is 12.3 Å². The van der Waals surface area contributed by atoms with Crippen LogP contribution in [0.3, 0.4) is 0 Å². The van der Waals surface area contributed by atoms with E-state index in [0.29, 0.717) is 19.4 Å². The molecule has 1 aromatic heterocycles. The van der Waals surface area contributed by atoms with Crippen molar-refractivity contribution in [1.82, 2.24) is 15.1 Å². The molecule has 0 saturated heterocycles. The maximum atomic E-state index is 11.6. The molecule has 0 radical (unpaired) electrons. The van der Waals surface area contributed by atoms with Crippen LogP contribution in [0.25, 0.3) is 0 Å². The van der Waals surface area contributed by atoms with Gasteiger partial charge < -0.3 is 5.32 Å². The highest BCUT2D eigenvalue weighted by molar-refractivity contribution is 5.76. The van der Waals surface area contributed by atoms with E-state index in [9.17, 15) is 4.79 Å². The predicted molar refractivity (Wildman–Crippen MR) is 62.5 cm³/mol. The van der Waals surface area contributed by atoms with Gasteiger partial charge in [0.1, 0.15) is 0 Å². The molecule has 0 aromatic carbocycles. The fourth-order valence-electron chi connectivity index (χ4n) is 1.39. The highest BCUT2D eigenvalue weighted by Crippen LogP contribution is 1.97. The molecule has 0 saturated carbocycles. The summed E-state index contributed by atoms with van der Waals surface area (Å²) in [6.45, 7) is 2.61. The first-order chi connectivity index (χ1) is 7.76. The number of carbonyl (C=O) groups is 1. The van der Waals surface area contributed by atoms with Crippen LogP contribution in [0.5, 0.6) is 0 Å². The topological polar surface area (TPSA) is 46.9 Å². The Labute approximate surface area is 96.0 Å². The highest BCUT2D eigenvalue weighted by atomic mass is 16.1. The Morgan fingerprint density at radius 1 is 1.69 bits per heavy atom. The first-order valence-electron chi connectivity index (χ1n) is 5.46. The zero-order valence-electron chi connectivity index (χ0n) is 9.52. The molecule has 0 bridgehead atoms. The van der Waals surface area contributed by atoms with Crippen molar-refractivity contribution in [3.63, 3.8) is 0 Å². The van der Waals surface area contributed by atoms with Crippen molar-refractivity contribution in [2.45, 2.75) is 38.8 Å². The summed E-state index contributed by atoms with van der Waals surface area (Å²) in [7, 11) is 0. The summed E-state index contributed by atoms with van der Waals surface area (Å²) in [6.07, 6.45) is 10.6. The molecule has 1 unspecified atom stereocenters. The van der Waals surface area contributed by atoms with Gasteiger partial charge in [-0.2, -0.15) is 5.10 Å². The predicted octanol–water partition coefficient (Wildman–Crippen LogP) is 1.19. The summed E-state index contributed by atoms with van der Waals surface area (Å²) >= 11 is 0. The number of aromatic nitrogens is 2. The highest BCUT2D eigenvalue weighted by Gasteiger charge is 2.08. The standard InChI is InChI=1S/C12H17N3O/c1-3-6-11(4-2)14-12(16)7-10-15-9-5-8-13-15/h1,5,8-9,11H,4,6-7,10H2,2H3,(H,14,16). The van der Waals surface area contributed by atoms with Crippen molar-refractivity contribution < 1.29 is 4.79 Å². The number of carbonyl (C=O) groups excluding carboxylic acids is 1. The molecule has 1 aromatic rings. The Morgan fingerprint density at radius 3 is 3.06 bits per heavy atom. The van der Waals surface area contributed by atoms with Gasteiger partial charge in [-0.15, -0.1) is 12.3 Å². The summed E-state index contributed by atoms with van der Waals surface area (Å²) in [6, 6.07) is 1.93. The monoisotopic (exact) mass is 219 g/mol. The van der Waals surface area contributed by atoms with Gasteiger partial charge in [0, 0.05) is 37.8 Å². The minimum absolute atomic E-state index is 0.0256. The van der Waals surface area contributed by atoms with Crippen molar-refractivity contribution in [2.24, 2.45) is 0 Å². The van der Waals surface area contributed by atoms with Crippen molar-refractivity contribution in [1.29, 1.82) is 0 Å². The number of nitrogens with one attached hydrogen (secondary N) is 1. The lowest BCUT2D eigenvalue weighted by molar-refractivity contribution is -0.122. The van der Waals surface area contributed by atoms with E-state index in [0.717, 1.165) is 6.42 Å². The number of amides is 1. The quantitative estimate of drug-likeness (QED) is 0.731. The molecule has 1 N–H and O–H groups in total. The molecular formula is C12H17N3O. The van der Waals surface area contributed by atoms with Crippen LogP contribution in [0.4, 0.5) is 0 Å². The van der Waals surface area contributed by atoms with Gasteiger partial charge in [0.15, 0.2) is 0 Å². The fraction of sp³-hybridized carbons (Fsp3) is 0.500. The summed E-state index contributed by atoms with van der Waals surface area (Å²) in [4.78, 5) is 11.6. The first-order valence-corrected chi connectivity index (χ1v) is 5.46. The third-order valence-electron chi connectivity index (χ3n) is 2.35. The van der Waals surface area contributed by atoms with Crippen LogP contribution >= 0.6 is 0 Å². The molecule has 0 aliphatic heterocycles. The van der Waals surface area contributed by atoms with Crippen LogP contribution in [0.1, 0.15) is 26.2 Å². The molecule has 16 heavy (non-hydrogen) atoms. The van der Waals surface area contributed by atoms with E-state index in [2.05, 4.69) is 16.3 Å². The largest absolute Gasteiger partial charge is 0.352 e. The maximum absolute atomic E-state index is 11.6. The van der Waals surface area contributed by atoms with E-state index in [1.54, 1.807) is 10.9 Å². The lowest BCUT2D eigenvalue weighted by Crippen LogP contribution is -2.34. The Morgan fingerprint density at radius 2 is 2.50 bits per heavy atom. The maximum Gasteiger partial charge on any atom is 0.222 e. The van der Waals surface area contributed by atoms with E-state index < -0.39 is 0 Å². The minimum Gasteiger partial charge on any atom is -0.352 e. The fourth-order valence-corrected chi connectivity index (χ4v) is 1.39. The molecule has 1 rings (SSSR count). The third-order valence-corrected chi connectivity index (χ3v) is 2.35. The second kappa shape index (κ2) is 6.67. The van der Waals surface area contributed by atoms with E-state index in [1.165, 1.54) is 0 Å². The van der Waals surface area contributed by atoms with Gasteiger partial charge >= 0.3 is 0 Å². The third kappa shape index (κ3) is 4.18. The summed E-state index contributed by atoms with van der Waals surface area (Å²) in [5, 5.41) is 6.94. The Bertz CT molecular complexity index is 351. The molecule has 4 nitrogen and oxygen atoms in total. The van der Waals surface area contributed by atoms with E-state index in [-0.39, 0.29) is 11.9 Å². The Hall–Kier alpha value is -1.76. The van der Waals surface area contributed by atoms with Gasteiger partial charge in [0.05, 0.1) is 0 Å². The number of rotatable bonds is 6. The average molecular weight is 219 g/mol. The molecule has 1 heterocycles. The number of hydrogen-bond donors (Lipinski definition) is 1. The number of aryl methyl sites for hydroxylation is 1. The van der Waals surface area contributed by atoms with Crippen LogP contribution < -0.4 is 5.32 Å². The molecule has 1 amide bonds. The van der Waals surface area contributed by atoms with E-state index >= 15 is 0 Å². The second-order valence-electron chi connectivity index (χ2n) is 3.60. The van der Waals surface area contributed by atoms with Gasteiger partial charge in [-0.05, 0) is 12.5 Å². The smallest absolute Gasteiger partial charge is 0.222 e. The summed E-state index contributed by atoms with van der Waals surface area (Å²) in [5.74, 6) is 2.59. The van der Waals surface area contributed by atoms with Gasteiger partial charge in [0.2, 0.25) is 5.91 Å². The van der Waals surface area contributed by atoms with Crippen molar-refractivity contribution in [2.75, 3.05) is 0 Å². The van der Waals surface area contributed by atoms with Crippen molar-refractivity contribution in [3.05, 3.63) is 18.5 Å². The SMILES string of the molecule is C#CCC(CC)NC(=O)CCn1cccn1. The van der Waals surface area contributed by atoms with Gasteiger partial charge in [-0.3, -0.25) is 9.48 Å². The van der Waals surface area contributed by atoms with Crippen molar-refractivity contribution in [3.8, 4) is 12.3 Å². The second-order valence-corrected chi connectivity index (χ2v) is 3.60. The first kappa shape index (κ1) is 12.3. The van der Waals surface area contributed by atoms with Gasteiger partial charge in [0.25, 0.3) is 0 Å². The normalized spacial score (nSPS) is 11.8. The zero-order chi connectivity index (χ0) is 11.8. The molecular weight excluding hydrogens is 202 g/mol. The van der Waals surface area contributed by atoms with Gasteiger partial charge in [-0.1, -0.05) is 6.92 Å². The lowest BCUT2D eigenvalue weighted by Gasteiger charge is -2.13. The molecule has 4 heteroatoms. The molecule has 0 aliphatic rings. The lowest BCUT2D eigenvalue weighted by atomic mass is 10.1. The molecule has 1 atom stereocenters. The summed E-state index contributed by atoms with van der Waals surface area (Å²) in [5.41, 5.74) is 0. The van der Waals surface area contributed by atoms with Crippen LogP contribution in [-0.2, 0) is 11.3 Å². The minimum atomic E-state index is 0.0256. The van der Waals surface area contributed by atoms with Crippen LogP contribution in [0.15, 0.2) is 18.5 Å². The molecule has 0 spiro atoms. The van der Waals surface area contributed by atoms with Crippen LogP contribution in [0.2, 0.25) is 0 Å². The van der Waals surface area contributed by atoms with Crippen LogP contribution in [-0.4, -0.2) is 21.7 Å². The average Bonchev–Trinajstić information content (AvgIpc) is 2.78. The van der Waals surface area contributed by atoms with Gasteiger partial charge in [-0.25, -0.2) is 0 Å². The molecule has 86 valence electrons. The Balaban J connectivity index is 2.27. The number of hydrogen-bond acceptors (Lipinski definition) is 2. The van der Waals surface area contributed by atoms with E-state index in [1.807, 2.05) is 19.2 Å². The molecule has 0 aliphatic carbocycles.